The summed E-state index contributed by atoms with van der Waals surface area (Å²) in [6.07, 6.45) is -0.962. The number of aromatic amines is 1. The zero-order valence-corrected chi connectivity index (χ0v) is 18.4. The number of imidazole rings is 1. The van der Waals surface area contributed by atoms with Gasteiger partial charge in [-0.15, -0.1) is 8.78 Å². The lowest BCUT2D eigenvalue weighted by molar-refractivity contribution is -0.286. The minimum Gasteiger partial charge on any atom is -0.395 e. The summed E-state index contributed by atoms with van der Waals surface area (Å²) < 4.78 is 36.9. The Morgan fingerprint density at radius 1 is 1.22 bits per heavy atom. The van der Waals surface area contributed by atoms with Gasteiger partial charge >= 0.3 is 6.29 Å². The summed E-state index contributed by atoms with van der Waals surface area (Å²) in [4.78, 5) is 35.0. The number of aromatic nitrogens is 4. The van der Waals surface area contributed by atoms with Crippen LogP contribution < -0.4 is 19.9 Å². The Labute approximate surface area is 201 Å². The second kappa shape index (κ2) is 7.88. The first-order valence-electron chi connectivity index (χ1n) is 11.0. The number of H-pyrrole nitrogens is 1. The van der Waals surface area contributed by atoms with E-state index < -0.39 is 24.3 Å². The molecule has 0 spiro atoms. The summed E-state index contributed by atoms with van der Waals surface area (Å²) in [5.41, 5.74) is 1.58. The number of nitriles is 1. The van der Waals surface area contributed by atoms with Gasteiger partial charge in [-0.3, -0.25) is 9.59 Å². The van der Waals surface area contributed by atoms with E-state index in [1.165, 1.54) is 29.4 Å². The van der Waals surface area contributed by atoms with Crippen LogP contribution in [0.5, 0.6) is 11.5 Å². The Balaban J connectivity index is 1.37. The molecular formula is C24H16F2N6O4. The standard InChI is InChI=1S/C24H16F2N6O4/c25-24(26)35-17-7-6-16(9-18(17)36-24)32(15-4-5-15)19(33)11-31-23(34)22-21(28-12-29-22)20(30-31)14-3-1-2-13(8-14)10-27/h1-3,6-9,12,15H,4-5,11H2,(H,28,29). The average Bonchev–Trinajstić information content (AvgIpc) is 3.45. The number of benzene rings is 2. The minimum absolute atomic E-state index is 0.126. The number of amides is 1. The van der Waals surface area contributed by atoms with Crippen LogP contribution in [0.4, 0.5) is 14.5 Å². The third kappa shape index (κ3) is 3.70. The number of nitrogens with zero attached hydrogens (tertiary/aromatic N) is 5. The molecule has 1 fully saturated rings. The van der Waals surface area contributed by atoms with E-state index in [0.717, 1.165) is 17.5 Å². The number of nitrogens with one attached hydrogen (secondary N) is 1. The van der Waals surface area contributed by atoms with Gasteiger partial charge in [0, 0.05) is 23.4 Å². The number of alkyl halides is 2. The summed E-state index contributed by atoms with van der Waals surface area (Å²) in [6, 6.07) is 12.7. The molecule has 1 aliphatic carbocycles. The molecule has 36 heavy (non-hydrogen) atoms. The van der Waals surface area contributed by atoms with E-state index in [1.807, 2.05) is 0 Å². The monoisotopic (exact) mass is 490 g/mol. The molecule has 1 aliphatic heterocycles. The lowest BCUT2D eigenvalue weighted by Crippen LogP contribution is -2.39. The predicted molar refractivity (Wildman–Crippen MR) is 121 cm³/mol. The quantitative estimate of drug-likeness (QED) is 0.455. The summed E-state index contributed by atoms with van der Waals surface area (Å²) in [7, 11) is 0. The Kier molecular flexibility index (Phi) is 4.75. The van der Waals surface area contributed by atoms with E-state index in [2.05, 4.69) is 30.6 Å². The van der Waals surface area contributed by atoms with E-state index in [1.54, 1.807) is 24.3 Å². The molecule has 180 valence electrons. The van der Waals surface area contributed by atoms with Crippen molar-refractivity contribution in [2.75, 3.05) is 4.90 Å². The van der Waals surface area contributed by atoms with Crippen molar-refractivity contribution in [3.05, 3.63) is 64.7 Å². The maximum Gasteiger partial charge on any atom is 0.586 e. The van der Waals surface area contributed by atoms with Crippen LogP contribution in [0.15, 0.2) is 53.6 Å². The van der Waals surface area contributed by atoms with Crippen molar-refractivity contribution < 1.29 is 23.0 Å². The maximum absolute atomic E-state index is 13.5. The van der Waals surface area contributed by atoms with Gasteiger partial charge in [0.1, 0.15) is 23.3 Å². The number of hydrogen-bond acceptors (Lipinski definition) is 7. The smallest absolute Gasteiger partial charge is 0.395 e. The Morgan fingerprint density at radius 3 is 2.81 bits per heavy atom. The molecule has 6 rings (SSSR count). The van der Waals surface area contributed by atoms with Crippen LogP contribution in [0.1, 0.15) is 18.4 Å². The first-order valence-corrected chi connectivity index (χ1v) is 11.0. The van der Waals surface area contributed by atoms with Gasteiger partial charge in [-0.25, -0.2) is 9.67 Å². The molecule has 1 saturated carbocycles. The average molecular weight is 490 g/mol. The maximum atomic E-state index is 13.5. The van der Waals surface area contributed by atoms with Crippen molar-refractivity contribution in [3.8, 4) is 28.8 Å². The molecule has 0 unspecified atom stereocenters. The first-order chi connectivity index (χ1) is 17.3. The zero-order valence-electron chi connectivity index (χ0n) is 18.4. The molecule has 0 radical (unpaired) electrons. The Morgan fingerprint density at radius 2 is 2.03 bits per heavy atom. The molecule has 3 heterocycles. The molecule has 1 N–H and O–H groups in total. The van der Waals surface area contributed by atoms with Gasteiger partial charge in [0.2, 0.25) is 5.91 Å². The fraction of sp³-hybridized carbons (Fsp3) is 0.208. The number of carbonyl (C=O) groups excluding carboxylic acids is 1. The van der Waals surface area contributed by atoms with Gasteiger partial charge in [0.05, 0.1) is 18.0 Å². The molecule has 0 bridgehead atoms. The summed E-state index contributed by atoms with van der Waals surface area (Å²) in [6.45, 7) is -0.403. The molecule has 0 atom stereocenters. The topological polar surface area (TPSA) is 126 Å². The second-order valence-electron chi connectivity index (χ2n) is 8.42. The fourth-order valence-electron chi connectivity index (χ4n) is 4.20. The van der Waals surface area contributed by atoms with Crippen LogP contribution in [0.2, 0.25) is 0 Å². The first kappa shape index (κ1) is 21.7. The highest BCUT2D eigenvalue weighted by molar-refractivity contribution is 5.95. The molecule has 2 aromatic heterocycles. The number of halogens is 2. The highest BCUT2D eigenvalue weighted by Gasteiger charge is 2.44. The molecule has 12 heteroatoms. The van der Waals surface area contributed by atoms with Crippen molar-refractivity contribution in [2.24, 2.45) is 0 Å². The van der Waals surface area contributed by atoms with Crippen LogP contribution in [-0.4, -0.2) is 38.0 Å². The van der Waals surface area contributed by atoms with Gasteiger partial charge in [0.25, 0.3) is 5.56 Å². The second-order valence-corrected chi connectivity index (χ2v) is 8.42. The van der Waals surface area contributed by atoms with Crippen molar-refractivity contribution in [3.63, 3.8) is 0 Å². The van der Waals surface area contributed by atoms with Crippen LogP contribution in [0, 0.1) is 11.3 Å². The van der Waals surface area contributed by atoms with Gasteiger partial charge in [-0.05, 0) is 37.1 Å². The van der Waals surface area contributed by atoms with Crippen molar-refractivity contribution >= 4 is 22.6 Å². The zero-order chi connectivity index (χ0) is 25.0. The van der Waals surface area contributed by atoms with Crippen molar-refractivity contribution in [1.29, 1.82) is 5.26 Å². The van der Waals surface area contributed by atoms with E-state index in [4.69, 9.17) is 0 Å². The number of fused-ring (bicyclic) bond motifs is 2. The van der Waals surface area contributed by atoms with Crippen LogP contribution in [-0.2, 0) is 11.3 Å². The molecule has 4 aromatic rings. The highest BCUT2D eigenvalue weighted by atomic mass is 19.3. The predicted octanol–water partition coefficient (Wildman–Crippen LogP) is 3.18. The molecule has 10 nitrogen and oxygen atoms in total. The van der Waals surface area contributed by atoms with E-state index in [0.29, 0.717) is 28.0 Å². The summed E-state index contributed by atoms with van der Waals surface area (Å²) in [5.74, 6) is -0.753. The molecule has 2 aliphatic rings. The summed E-state index contributed by atoms with van der Waals surface area (Å²) >= 11 is 0. The fourth-order valence-corrected chi connectivity index (χ4v) is 4.20. The Hall–Kier alpha value is -4.79. The number of anilines is 1. The molecule has 0 saturated heterocycles. The van der Waals surface area contributed by atoms with Gasteiger partial charge in [-0.1, -0.05) is 12.1 Å². The van der Waals surface area contributed by atoms with Crippen LogP contribution in [0.3, 0.4) is 0 Å². The van der Waals surface area contributed by atoms with Crippen molar-refractivity contribution in [2.45, 2.75) is 31.7 Å². The van der Waals surface area contributed by atoms with E-state index in [-0.39, 0.29) is 23.1 Å². The number of rotatable bonds is 5. The van der Waals surface area contributed by atoms with E-state index >= 15 is 0 Å². The normalized spacial score (nSPS) is 15.6. The number of hydrogen-bond donors (Lipinski definition) is 1. The molecule has 2 aromatic carbocycles. The SMILES string of the molecule is N#Cc1cccc(-c2nn(CC(=O)N(c3ccc4c(c3)OC(F)(F)O4)C3CC3)c(=O)c3[nH]cnc23)c1. The minimum atomic E-state index is -3.77. The van der Waals surface area contributed by atoms with Gasteiger partial charge in [-0.2, -0.15) is 10.4 Å². The lowest BCUT2D eigenvalue weighted by atomic mass is 10.1. The highest BCUT2D eigenvalue weighted by Crippen LogP contribution is 2.44. The number of carbonyl (C=O) groups is 1. The lowest BCUT2D eigenvalue weighted by Gasteiger charge is -2.23. The molecule has 1 amide bonds. The third-order valence-corrected chi connectivity index (χ3v) is 5.93. The van der Waals surface area contributed by atoms with Crippen LogP contribution >= 0.6 is 0 Å². The van der Waals surface area contributed by atoms with Crippen molar-refractivity contribution in [1.82, 2.24) is 19.7 Å². The largest absolute Gasteiger partial charge is 0.586 e. The molecular weight excluding hydrogens is 474 g/mol. The third-order valence-electron chi connectivity index (χ3n) is 5.93. The van der Waals surface area contributed by atoms with Gasteiger partial charge in [0.15, 0.2) is 11.5 Å². The summed E-state index contributed by atoms with van der Waals surface area (Å²) in [5, 5.41) is 13.7. The number of ether oxygens (including phenoxy) is 2. The Bertz CT molecular complexity index is 1640. The van der Waals surface area contributed by atoms with Gasteiger partial charge < -0.3 is 19.4 Å². The van der Waals surface area contributed by atoms with Crippen LogP contribution in [0.25, 0.3) is 22.3 Å². The van der Waals surface area contributed by atoms with E-state index in [9.17, 15) is 23.6 Å².